The highest BCUT2D eigenvalue weighted by atomic mass is 19.3. The molecule has 2 saturated carbocycles. The molecule has 0 aliphatic heterocycles. The number of aromatic nitrogens is 1. The van der Waals surface area contributed by atoms with E-state index in [-0.39, 0.29) is 31.2 Å². The first kappa shape index (κ1) is 16.8. The van der Waals surface area contributed by atoms with E-state index in [1.54, 1.807) is 6.07 Å². The van der Waals surface area contributed by atoms with Gasteiger partial charge < -0.3 is 15.4 Å². The van der Waals surface area contributed by atoms with Crippen LogP contribution in [0.25, 0.3) is 0 Å². The summed E-state index contributed by atoms with van der Waals surface area (Å²) in [6.07, 6.45) is 2.31. The lowest BCUT2D eigenvalue weighted by atomic mass is 9.74. The first-order valence-electron chi connectivity index (χ1n) is 7.62. The van der Waals surface area contributed by atoms with Gasteiger partial charge in [0.1, 0.15) is 0 Å². The Bertz CT molecular complexity index is 614. The van der Waals surface area contributed by atoms with Gasteiger partial charge in [-0.1, -0.05) is 0 Å². The largest absolute Gasteiger partial charge is 0.417 e. The van der Waals surface area contributed by atoms with Gasteiger partial charge in [-0.2, -0.15) is 8.78 Å². The van der Waals surface area contributed by atoms with Gasteiger partial charge in [-0.25, -0.2) is 18.6 Å². The van der Waals surface area contributed by atoms with E-state index in [1.807, 2.05) is 0 Å². The van der Waals surface area contributed by atoms with E-state index < -0.39 is 24.1 Å². The summed E-state index contributed by atoms with van der Waals surface area (Å²) in [4.78, 5) is 15.6. The van der Waals surface area contributed by atoms with Gasteiger partial charge in [0.15, 0.2) is 0 Å². The predicted octanol–water partition coefficient (Wildman–Crippen LogP) is 3.06. The molecule has 0 spiro atoms. The second-order valence-electron chi connectivity index (χ2n) is 6.31. The summed E-state index contributed by atoms with van der Waals surface area (Å²) in [5.41, 5.74) is 0.0179. The number of halogens is 4. The molecule has 1 aromatic rings. The fourth-order valence-corrected chi connectivity index (χ4v) is 2.99. The third-order valence-corrected chi connectivity index (χ3v) is 4.48. The molecule has 0 atom stereocenters. The summed E-state index contributed by atoms with van der Waals surface area (Å²) in [6.45, 7) is -2.88. The maximum absolute atomic E-state index is 13.0. The fourth-order valence-electron chi connectivity index (χ4n) is 2.99. The van der Waals surface area contributed by atoms with Crippen LogP contribution in [0.4, 0.5) is 22.4 Å². The Morgan fingerprint density at radius 2 is 2.08 bits per heavy atom. The highest BCUT2D eigenvalue weighted by Crippen LogP contribution is 2.56. The Labute approximate surface area is 135 Å². The maximum Gasteiger partial charge on any atom is 0.388 e. The van der Waals surface area contributed by atoms with Crippen LogP contribution in [-0.2, 0) is 6.54 Å². The van der Waals surface area contributed by atoms with E-state index in [1.165, 1.54) is 12.3 Å². The van der Waals surface area contributed by atoms with E-state index in [2.05, 4.69) is 20.4 Å². The summed E-state index contributed by atoms with van der Waals surface area (Å²) in [5.74, 6) is -3.04. The third kappa shape index (κ3) is 3.88. The van der Waals surface area contributed by atoms with Crippen molar-refractivity contribution in [3.8, 4) is 5.88 Å². The van der Waals surface area contributed by atoms with Crippen LogP contribution in [0, 0.1) is 5.92 Å². The summed E-state index contributed by atoms with van der Waals surface area (Å²) >= 11 is 0. The van der Waals surface area contributed by atoms with Gasteiger partial charge in [0.2, 0.25) is 11.8 Å². The fraction of sp³-hybridized carbons (Fsp3) is 0.600. The molecule has 2 fully saturated rings. The van der Waals surface area contributed by atoms with Crippen molar-refractivity contribution in [3.05, 3.63) is 23.9 Å². The van der Waals surface area contributed by atoms with Crippen LogP contribution in [0.2, 0.25) is 0 Å². The first-order valence-corrected chi connectivity index (χ1v) is 7.62. The third-order valence-electron chi connectivity index (χ3n) is 4.48. The molecular formula is C15H17F4N3O2. The van der Waals surface area contributed by atoms with E-state index >= 15 is 0 Å². The summed E-state index contributed by atoms with van der Waals surface area (Å²) in [7, 11) is 0. The second kappa shape index (κ2) is 6.10. The van der Waals surface area contributed by atoms with E-state index in [0.29, 0.717) is 18.4 Å². The highest BCUT2D eigenvalue weighted by Gasteiger charge is 2.60. The number of nitrogens with one attached hydrogen (secondary N) is 2. The van der Waals surface area contributed by atoms with Crippen molar-refractivity contribution in [1.29, 1.82) is 0 Å². The van der Waals surface area contributed by atoms with Crippen molar-refractivity contribution in [2.75, 3.05) is 0 Å². The van der Waals surface area contributed by atoms with E-state index in [9.17, 15) is 22.4 Å². The number of carbonyl (C=O) groups excluding carboxylic acids is 1. The van der Waals surface area contributed by atoms with Gasteiger partial charge in [-0.05, 0) is 30.4 Å². The van der Waals surface area contributed by atoms with Gasteiger partial charge in [-0.15, -0.1) is 0 Å². The quantitative estimate of drug-likeness (QED) is 0.778. The molecular weight excluding hydrogens is 330 g/mol. The molecule has 3 rings (SSSR count). The first-order chi connectivity index (χ1) is 11.3. The Hall–Kier alpha value is -2.06. The average molecular weight is 347 g/mol. The number of amides is 2. The molecule has 1 heterocycles. The number of alkyl halides is 4. The predicted molar refractivity (Wildman–Crippen MR) is 75.9 cm³/mol. The highest BCUT2D eigenvalue weighted by molar-refractivity contribution is 5.75. The van der Waals surface area contributed by atoms with Crippen molar-refractivity contribution < 1.29 is 27.1 Å². The van der Waals surface area contributed by atoms with Crippen LogP contribution in [0.15, 0.2) is 18.3 Å². The Morgan fingerprint density at radius 1 is 1.38 bits per heavy atom. The molecule has 24 heavy (non-hydrogen) atoms. The van der Waals surface area contributed by atoms with Crippen LogP contribution in [0.1, 0.15) is 31.2 Å². The normalized spacial score (nSPS) is 21.0. The Morgan fingerprint density at radius 3 is 2.67 bits per heavy atom. The summed E-state index contributed by atoms with van der Waals surface area (Å²) in [6, 6.07) is 2.39. The number of nitrogens with zero attached hydrogens (tertiary/aromatic N) is 1. The zero-order valence-corrected chi connectivity index (χ0v) is 12.7. The molecule has 0 aromatic carbocycles. The number of ether oxygens (including phenoxy) is 1. The van der Waals surface area contributed by atoms with E-state index in [4.69, 9.17) is 0 Å². The zero-order valence-electron chi connectivity index (χ0n) is 12.7. The molecule has 2 aliphatic rings. The van der Waals surface area contributed by atoms with Gasteiger partial charge in [0.05, 0.1) is 0 Å². The SMILES string of the molecule is O=C(NCc1ccnc(OC(F)F)c1)NC1(C2CC(F)(F)C2)CC1. The lowest BCUT2D eigenvalue weighted by Gasteiger charge is -2.40. The minimum absolute atomic E-state index is 0.0882. The van der Waals surface area contributed by atoms with Crippen LogP contribution in [0.3, 0.4) is 0 Å². The van der Waals surface area contributed by atoms with E-state index in [0.717, 1.165) is 0 Å². The van der Waals surface area contributed by atoms with Crippen molar-refractivity contribution in [2.45, 2.75) is 50.3 Å². The van der Waals surface area contributed by atoms with Crippen molar-refractivity contribution >= 4 is 6.03 Å². The lowest BCUT2D eigenvalue weighted by molar-refractivity contribution is -0.121. The maximum atomic E-state index is 13.0. The number of urea groups is 1. The Balaban J connectivity index is 1.48. The number of hydrogen-bond donors (Lipinski definition) is 2. The van der Waals surface area contributed by atoms with Gasteiger partial charge in [-0.3, -0.25) is 0 Å². The topological polar surface area (TPSA) is 63.2 Å². The molecule has 2 aliphatic carbocycles. The van der Waals surface area contributed by atoms with Crippen molar-refractivity contribution in [3.63, 3.8) is 0 Å². The molecule has 0 saturated heterocycles. The molecule has 0 unspecified atom stereocenters. The van der Waals surface area contributed by atoms with Crippen LogP contribution in [0.5, 0.6) is 5.88 Å². The molecule has 0 radical (unpaired) electrons. The smallest absolute Gasteiger partial charge is 0.388 e. The lowest BCUT2D eigenvalue weighted by Crippen LogP contribution is -2.53. The number of carbonyl (C=O) groups is 1. The van der Waals surface area contributed by atoms with Crippen molar-refractivity contribution in [2.24, 2.45) is 5.92 Å². The second-order valence-corrected chi connectivity index (χ2v) is 6.31. The molecule has 0 bridgehead atoms. The van der Waals surface area contributed by atoms with Gasteiger partial charge >= 0.3 is 12.6 Å². The minimum Gasteiger partial charge on any atom is -0.417 e. The Kier molecular flexibility index (Phi) is 4.27. The summed E-state index contributed by atoms with van der Waals surface area (Å²) in [5, 5.41) is 5.36. The molecule has 1 aromatic heterocycles. The molecule has 2 N–H and O–H groups in total. The van der Waals surface area contributed by atoms with Crippen LogP contribution >= 0.6 is 0 Å². The van der Waals surface area contributed by atoms with Gasteiger partial charge in [0, 0.05) is 37.2 Å². The average Bonchev–Trinajstić information content (AvgIpc) is 3.23. The molecule has 5 nitrogen and oxygen atoms in total. The molecule has 132 valence electrons. The standard InChI is InChI=1S/C15H17F4N3O2/c16-12(17)24-11-5-9(1-4-20-11)8-21-13(23)22-14(2-3-14)10-6-15(18,19)7-10/h1,4-5,10,12H,2-3,6-8H2,(H2,21,22,23). The van der Waals surface area contributed by atoms with Crippen LogP contribution in [-0.4, -0.2) is 29.1 Å². The monoisotopic (exact) mass is 347 g/mol. The summed E-state index contributed by atoms with van der Waals surface area (Å²) < 4.78 is 54.4. The minimum atomic E-state index is -2.97. The molecule has 2 amide bonds. The zero-order chi connectivity index (χ0) is 17.4. The molecule has 9 heteroatoms. The van der Waals surface area contributed by atoms with Crippen molar-refractivity contribution in [1.82, 2.24) is 15.6 Å². The number of pyridine rings is 1. The van der Waals surface area contributed by atoms with Crippen LogP contribution < -0.4 is 15.4 Å². The number of rotatable bonds is 6. The number of hydrogen-bond acceptors (Lipinski definition) is 3. The van der Waals surface area contributed by atoms with Gasteiger partial charge in [0.25, 0.3) is 0 Å².